The molecule has 2 aliphatic rings. The second-order valence-corrected chi connectivity index (χ2v) is 13.0. The Morgan fingerprint density at radius 1 is 0.462 bits per heavy atom. The number of aryl methyl sites for hydroxylation is 4. The summed E-state index contributed by atoms with van der Waals surface area (Å²) >= 11 is 0. The molecular weight excluding hydrogens is 470 g/mol. The third kappa shape index (κ3) is 3.59. The third-order valence-electron chi connectivity index (χ3n) is 10.1. The molecule has 0 amide bonds. The fourth-order valence-electron chi connectivity index (χ4n) is 7.03. The van der Waals surface area contributed by atoms with Gasteiger partial charge in [-0.05, 0) is 139 Å². The highest BCUT2D eigenvalue weighted by molar-refractivity contribution is 5.91. The lowest BCUT2D eigenvalue weighted by atomic mass is 9.72. The Bertz CT molecular complexity index is 1660. The first-order chi connectivity index (χ1) is 18.3. The van der Waals surface area contributed by atoms with Crippen molar-refractivity contribution in [2.45, 2.75) is 80.1 Å². The Hall–Kier alpha value is -3.58. The van der Waals surface area contributed by atoms with Crippen LogP contribution in [-0.2, 0) is 10.8 Å². The van der Waals surface area contributed by atoms with Gasteiger partial charge in [-0.3, -0.25) is 0 Å². The summed E-state index contributed by atoms with van der Waals surface area (Å²) in [5, 5.41) is 0. The molecule has 4 aromatic rings. The van der Waals surface area contributed by atoms with E-state index < -0.39 is 0 Å². The largest absolute Gasteiger partial charge is 0.310 e. The van der Waals surface area contributed by atoms with Gasteiger partial charge in [0.1, 0.15) is 0 Å². The predicted molar refractivity (Wildman–Crippen MR) is 169 cm³/mol. The van der Waals surface area contributed by atoms with Crippen molar-refractivity contribution in [3.05, 3.63) is 117 Å². The van der Waals surface area contributed by atoms with Crippen LogP contribution < -0.4 is 4.90 Å². The summed E-state index contributed by atoms with van der Waals surface area (Å²) in [6, 6.07) is 25.6. The molecule has 1 nitrogen and oxygen atoms in total. The lowest BCUT2D eigenvalue weighted by molar-refractivity contribution is 0.589. The van der Waals surface area contributed by atoms with E-state index in [2.05, 4.69) is 141 Å². The Morgan fingerprint density at radius 2 is 0.923 bits per heavy atom. The highest BCUT2D eigenvalue weighted by Gasteiger charge is 2.45. The van der Waals surface area contributed by atoms with Gasteiger partial charge in [0, 0.05) is 27.9 Å². The van der Waals surface area contributed by atoms with Crippen molar-refractivity contribution >= 4 is 22.6 Å². The van der Waals surface area contributed by atoms with Gasteiger partial charge in [0.05, 0.1) is 0 Å². The van der Waals surface area contributed by atoms with Crippen molar-refractivity contribution in [3.8, 4) is 11.1 Å². The summed E-state index contributed by atoms with van der Waals surface area (Å²) in [7, 11) is 0. The standard InChI is InChI=1S/C38H41N/c1-22-11-13-28(19-24(22)3)39(29-14-12-23(2)25(4)20-29)30-15-16-32-33-18-17-31-26(5)27(6)37(7,8)35(31)36(33)38(9,10)34(32)21-30/h11-21H,1-10H3. The van der Waals surface area contributed by atoms with Gasteiger partial charge in [-0.25, -0.2) is 0 Å². The predicted octanol–water partition coefficient (Wildman–Crippen LogP) is 10.8. The molecule has 0 aliphatic heterocycles. The van der Waals surface area contributed by atoms with Crippen LogP contribution in [0.4, 0.5) is 17.1 Å². The number of anilines is 3. The molecule has 0 unspecified atom stereocenters. The minimum atomic E-state index is -0.0910. The average molecular weight is 512 g/mol. The van der Waals surface area contributed by atoms with Crippen LogP contribution in [0.2, 0.25) is 0 Å². The smallest absolute Gasteiger partial charge is 0.0465 e. The van der Waals surface area contributed by atoms with Crippen LogP contribution in [0.5, 0.6) is 0 Å². The van der Waals surface area contributed by atoms with Crippen molar-refractivity contribution in [1.29, 1.82) is 0 Å². The van der Waals surface area contributed by atoms with E-state index in [1.54, 1.807) is 0 Å². The lowest BCUT2D eigenvalue weighted by Gasteiger charge is -2.32. The van der Waals surface area contributed by atoms with E-state index in [1.807, 2.05) is 0 Å². The van der Waals surface area contributed by atoms with Gasteiger partial charge in [0.2, 0.25) is 0 Å². The summed E-state index contributed by atoms with van der Waals surface area (Å²) < 4.78 is 0. The molecule has 6 rings (SSSR count). The molecule has 2 aliphatic carbocycles. The van der Waals surface area contributed by atoms with Crippen LogP contribution in [0.25, 0.3) is 16.7 Å². The molecule has 4 aromatic carbocycles. The fourth-order valence-corrected chi connectivity index (χ4v) is 7.03. The van der Waals surface area contributed by atoms with Crippen LogP contribution >= 0.6 is 0 Å². The molecule has 0 heterocycles. The zero-order valence-electron chi connectivity index (χ0n) is 25.3. The highest BCUT2D eigenvalue weighted by atomic mass is 15.1. The van der Waals surface area contributed by atoms with Crippen molar-refractivity contribution in [2.24, 2.45) is 0 Å². The van der Waals surface area contributed by atoms with Gasteiger partial charge in [-0.15, -0.1) is 0 Å². The summed E-state index contributed by atoms with van der Waals surface area (Å²) in [5.41, 5.74) is 20.4. The zero-order chi connectivity index (χ0) is 28.0. The Labute approximate surface area is 235 Å². The van der Waals surface area contributed by atoms with Crippen molar-refractivity contribution in [1.82, 2.24) is 0 Å². The topological polar surface area (TPSA) is 3.24 Å². The first kappa shape index (κ1) is 25.7. The number of benzene rings is 4. The van der Waals surface area contributed by atoms with E-state index in [0.29, 0.717) is 0 Å². The number of allylic oxidation sites excluding steroid dienone is 2. The maximum Gasteiger partial charge on any atom is 0.0465 e. The zero-order valence-corrected chi connectivity index (χ0v) is 25.3. The normalized spacial score (nSPS) is 16.3. The van der Waals surface area contributed by atoms with Gasteiger partial charge in [-0.1, -0.05) is 63.6 Å². The minimum Gasteiger partial charge on any atom is -0.310 e. The van der Waals surface area contributed by atoms with E-state index in [4.69, 9.17) is 0 Å². The van der Waals surface area contributed by atoms with E-state index in [9.17, 15) is 0 Å². The molecule has 0 N–H and O–H groups in total. The first-order valence-corrected chi connectivity index (χ1v) is 14.3. The second-order valence-electron chi connectivity index (χ2n) is 13.0. The lowest BCUT2D eigenvalue weighted by Crippen LogP contribution is -2.24. The molecule has 0 fully saturated rings. The van der Waals surface area contributed by atoms with Crippen LogP contribution in [0, 0.1) is 27.7 Å². The monoisotopic (exact) mass is 511 g/mol. The molecule has 0 radical (unpaired) electrons. The second kappa shape index (κ2) is 8.46. The maximum absolute atomic E-state index is 2.46. The average Bonchev–Trinajstić information content (AvgIpc) is 3.22. The summed E-state index contributed by atoms with van der Waals surface area (Å²) in [4.78, 5) is 2.43. The molecule has 0 bridgehead atoms. The van der Waals surface area contributed by atoms with Crippen molar-refractivity contribution < 1.29 is 0 Å². The van der Waals surface area contributed by atoms with Crippen LogP contribution in [0.1, 0.15) is 86.1 Å². The summed E-state index contributed by atoms with van der Waals surface area (Å²) in [6.45, 7) is 23.1. The third-order valence-corrected chi connectivity index (χ3v) is 10.1. The van der Waals surface area contributed by atoms with Gasteiger partial charge >= 0.3 is 0 Å². The number of nitrogens with zero attached hydrogens (tertiary/aromatic N) is 1. The number of rotatable bonds is 3. The van der Waals surface area contributed by atoms with Gasteiger partial charge < -0.3 is 4.90 Å². The molecular formula is C38H41N. The van der Waals surface area contributed by atoms with E-state index in [1.165, 1.54) is 83.8 Å². The number of fused-ring (bicyclic) bond motifs is 5. The first-order valence-electron chi connectivity index (χ1n) is 14.3. The van der Waals surface area contributed by atoms with Crippen LogP contribution in [0.15, 0.2) is 72.3 Å². The van der Waals surface area contributed by atoms with E-state index in [0.717, 1.165) is 0 Å². The Balaban J connectivity index is 1.56. The van der Waals surface area contributed by atoms with E-state index >= 15 is 0 Å². The SMILES string of the molecule is CC1=C(C)C(C)(C)c2c1ccc1c2C(C)(C)c2cc(N(c3ccc(C)c(C)c3)c3ccc(C)c(C)c3)ccc2-1. The van der Waals surface area contributed by atoms with Gasteiger partial charge in [-0.2, -0.15) is 0 Å². The minimum absolute atomic E-state index is 0.0395. The number of hydrogen-bond donors (Lipinski definition) is 0. The van der Waals surface area contributed by atoms with Crippen molar-refractivity contribution in [2.75, 3.05) is 4.90 Å². The van der Waals surface area contributed by atoms with Crippen LogP contribution in [0.3, 0.4) is 0 Å². The molecule has 0 saturated heterocycles. The molecule has 0 aromatic heterocycles. The maximum atomic E-state index is 2.46. The molecule has 0 saturated carbocycles. The summed E-state index contributed by atoms with van der Waals surface area (Å²) in [5.74, 6) is 0. The van der Waals surface area contributed by atoms with Gasteiger partial charge in [0.15, 0.2) is 0 Å². The summed E-state index contributed by atoms with van der Waals surface area (Å²) in [6.07, 6.45) is 0. The fraction of sp³-hybridized carbons (Fsp3) is 0.316. The molecule has 1 heteroatoms. The van der Waals surface area contributed by atoms with Crippen molar-refractivity contribution in [3.63, 3.8) is 0 Å². The highest BCUT2D eigenvalue weighted by Crippen LogP contribution is 2.58. The number of hydrogen-bond acceptors (Lipinski definition) is 1. The Morgan fingerprint density at radius 3 is 1.49 bits per heavy atom. The molecule has 39 heavy (non-hydrogen) atoms. The van der Waals surface area contributed by atoms with Gasteiger partial charge in [0.25, 0.3) is 0 Å². The molecule has 198 valence electrons. The van der Waals surface area contributed by atoms with E-state index in [-0.39, 0.29) is 10.8 Å². The van der Waals surface area contributed by atoms with Crippen LogP contribution in [-0.4, -0.2) is 0 Å². The molecule has 0 spiro atoms. The quantitative estimate of drug-likeness (QED) is 0.264. The molecule has 0 atom stereocenters. The Kier molecular flexibility index (Phi) is 5.57.